The molecule has 3 rings (SSSR count). The SMILES string of the molecule is N#CC1C=Cc2ccccc2N1S(=O)(=O)S(=O)(=O)c1ccccc1. The molecule has 0 fully saturated rings. The third-order valence-corrected chi connectivity index (χ3v) is 8.60. The molecule has 1 atom stereocenters. The van der Waals surface area contributed by atoms with Gasteiger partial charge in [0.2, 0.25) is 0 Å². The molecular weight excluding hydrogens is 348 g/mol. The fraction of sp³-hybridized carbons (Fsp3) is 0.0625. The highest BCUT2D eigenvalue weighted by Crippen LogP contribution is 2.34. The zero-order valence-corrected chi connectivity index (χ0v) is 13.9. The van der Waals surface area contributed by atoms with Crippen LogP contribution in [0.1, 0.15) is 5.56 Å². The third-order valence-electron chi connectivity index (χ3n) is 3.57. The van der Waals surface area contributed by atoms with E-state index in [0.717, 1.165) is 0 Å². The lowest BCUT2D eigenvalue weighted by atomic mass is 10.1. The molecule has 0 amide bonds. The number of nitrogens with zero attached hydrogens (tertiary/aromatic N) is 2. The van der Waals surface area contributed by atoms with Gasteiger partial charge in [-0.25, -0.2) is 12.7 Å². The summed E-state index contributed by atoms with van der Waals surface area (Å²) >= 11 is 0. The van der Waals surface area contributed by atoms with E-state index in [-0.39, 0.29) is 10.6 Å². The molecule has 0 radical (unpaired) electrons. The average molecular weight is 360 g/mol. The second-order valence-corrected chi connectivity index (χ2v) is 10.2. The Morgan fingerprint density at radius 3 is 2.21 bits per heavy atom. The van der Waals surface area contributed by atoms with Crippen LogP contribution in [0, 0.1) is 11.3 Å². The summed E-state index contributed by atoms with van der Waals surface area (Å²) in [7, 11) is -9.57. The van der Waals surface area contributed by atoms with Crippen molar-refractivity contribution in [2.45, 2.75) is 10.9 Å². The third kappa shape index (κ3) is 2.38. The Kier molecular flexibility index (Phi) is 3.91. The number of benzene rings is 2. The summed E-state index contributed by atoms with van der Waals surface area (Å²) < 4.78 is 51.8. The van der Waals surface area contributed by atoms with Gasteiger partial charge < -0.3 is 0 Å². The van der Waals surface area contributed by atoms with E-state index in [1.165, 1.54) is 36.4 Å². The number of fused-ring (bicyclic) bond motifs is 1. The second kappa shape index (κ2) is 5.78. The van der Waals surface area contributed by atoms with E-state index >= 15 is 0 Å². The number of para-hydroxylation sites is 1. The molecule has 2 aromatic rings. The second-order valence-electron chi connectivity index (χ2n) is 5.01. The topological polar surface area (TPSA) is 95.3 Å². The van der Waals surface area contributed by atoms with E-state index in [9.17, 15) is 22.1 Å². The quantitative estimate of drug-likeness (QED) is 0.782. The predicted molar refractivity (Wildman–Crippen MR) is 89.9 cm³/mol. The minimum absolute atomic E-state index is 0.158. The minimum atomic E-state index is -4.86. The predicted octanol–water partition coefficient (Wildman–Crippen LogP) is 2.13. The van der Waals surface area contributed by atoms with E-state index in [1.807, 2.05) is 6.07 Å². The van der Waals surface area contributed by atoms with Gasteiger partial charge in [0, 0.05) is 0 Å². The standard InChI is InChI=1S/C16H12N2O4S2/c17-12-14-11-10-13-6-4-5-9-16(13)18(14)24(21,22)23(19,20)15-7-2-1-3-8-15/h1-11,14H. The Balaban J connectivity index is 2.23. The van der Waals surface area contributed by atoms with Crippen LogP contribution in [0.2, 0.25) is 0 Å². The molecule has 122 valence electrons. The molecular formula is C16H12N2O4S2. The Hall–Kier alpha value is -2.63. The maximum atomic E-state index is 12.9. The Bertz CT molecular complexity index is 1050. The molecule has 0 saturated carbocycles. The van der Waals surface area contributed by atoms with E-state index in [1.54, 1.807) is 30.3 Å². The molecule has 0 spiro atoms. The molecule has 0 N–H and O–H groups in total. The van der Waals surface area contributed by atoms with Gasteiger partial charge in [0.25, 0.3) is 0 Å². The lowest BCUT2D eigenvalue weighted by Crippen LogP contribution is -2.43. The number of hydrogen-bond donors (Lipinski definition) is 0. The van der Waals surface area contributed by atoms with Crippen molar-refractivity contribution in [3.05, 3.63) is 66.2 Å². The lowest BCUT2D eigenvalue weighted by Gasteiger charge is -2.30. The number of anilines is 1. The van der Waals surface area contributed by atoms with Gasteiger partial charge in [0.05, 0.1) is 16.7 Å². The van der Waals surface area contributed by atoms with Gasteiger partial charge in [-0.1, -0.05) is 42.5 Å². The lowest BCUT2D eigenvalue weighted by molar-refractivity contribution is 0.579. The monoisotopic (exact) mass is 360 g/mol. The number of hydrogen-bond acceptors (Lipinski definition) is 5. The van der Waals surface area contributed by atoms with Crippen LogP contribution in [0.5, 0.6) is 0 Å². The van der Waals surface area contributed by atoms with E-state index in [0.29, 0.717) is 9.87 Å². The highest BCUT2D eigenvalue weighted by Gasteiger charge is 2.42. The van der Waals surface area contributed by atoms with Crippen LogP contribution >= 0.6 is 0 Å². The summed E-state index contributed by atoms with van der Waals surface area (Å²) in [6, 6.07) is 13.9. The molecule has 0 bridgehead atoms. The fourth-order valence-corrected chi connectivity index (χ4v) is 6.39. The first kappa shape index (κ1) is 16.2. The number of nitriles is 1. The maximum Gasteiger partial charge on any atom is 0.347 e. The van der Waals surface area contributed by atoms with Crippen LogP contribution in [0.4, 0.5) is 5.69 Å². The van der Waals surface area contributed by atoms with Crippen LogP contribution in [0.15, 0.2) is 65.6 Å². The first-order valence-electron chi connectivity index (χ1n) is 6.91. The van der Waals surface area contributed by atoms with Crippen LogP contribution in [0.25, 0.3) is 6.08 Å². The molecule has 1 aliphatic rings. The summed E-state index contributed by atoms with van der Waals surface area (Å²) in [5, 5.41) is 9.28. The summed E-state index contributed by atoms with van der Waals surface area (Å²) in [6.07, 6.45) is 2.96. The molecule has 6 nitrogen and oxygen atoms in total. The minimum Gasteiger partial charge on any atom is -0.236 e. The molecule has 0 aromatic heterocycles. The van der Waals surface area contributed by atoms with Gasteiger partial charge in [-0.3, -0.25) is 0 Å². The van der Waals surface area contributed by atoms with Gasteiger partial charge >= 0.3 is 17.9 Å². The molecule has 24 heavy (non-hydrogen) atoms. The van der Waals surface area contributed by atoms with Crippen LogP contribution < -0.4 is 4.31 Å². The van der Waals surface area contributed by atoms with Crippen molar-refractivity contribution in [1.82, 2.24) is 0 Å². The first-order chi connectivity index (χ1) is 11.4. The Morgan fingerprint density at radius 2 is 1.54 bits per heavy atom. The van der Waals surface area contributed by atoms with Gasteiger partial charge in [0.15, 0.2) is 6.04 Å². The van der Waals surface area contributed by atoms with Gasteiger partial charge in [-0.15, -0.1) is 0 Å². The van der Waals surface area contributed by atoms with Gasteiger partial charge in [-0.05, 0) is 29.8 Å². The maximum absolute atomic E-state index is 12.9. The first-order valence-corrected chi connectivity index (χ1v) is 10.3. The van der Waals surface area contributed by atoms with Gasteiger partial charge in [-0.2, -0.15) is 13.7 Å². The fourth-order valence-electron chi connectivity index (χ4n) is 2.42. The van der Waals surface area contributed by atoms with E-state index < -0.39 is 24.0 Å². The molecule has 8 heteroatoms. The average Bonchev–Trinajstić information content (AvgIpc) is 2.61. The number of rotatable bonds is 3. The van der Waals surface area contributed by atoms with Crippen molar-refractivity contribution in [3.63, 3.8) is 0 Å². The largest absolute Gasteiger partial charge is 0.347 e. The van der Waals surface area contributed by atoms with E-state index in [4.69, 9.17) is 0 Å². The van der Waals surface area contributed by atoms with Crippen molar-refractivity contribution < 1.29 is 16.8 Å². The molecule has 1 heterocycles. The Labute approximate surface area is 139 Å². The summed E-state index contributed by atoms with van der Waals surface area (Å²) in [4.78, 5) is -0.339. The summed E-state index contributed by atoms with van der Waals surface area (Å²) in [5.74, 6) is 0. The van der Waals surface area contributed by atoms with Crippen molar-refractivity contribution in [1.29, 1.82) is 5.26 Å². The van der Waals surface area contributed by atoms with Crippen molar-refractivity contribution in [3.8, 4) is 6.07 Å². The van der Waals surface area contributed by atoms with Crippen molar-refractivity contribution in [2.24, 2.45) is 0 Å². The summed E-state index contributed by atoms with van der Waals surface area (Å²) in [5.41, 5.74) is 0.682. The van der Waals surface area contributed by atoms with Gasteiger partial charge in [0.1, 0.15) is 0 Å². The summed E-state index contributed by atoms with van der Waals surface area (Å²) in [6.45, 7) is 0. The van der Waals surface area contributed by atoms with E-state index in [2.05, 4.69) is 0 Å². The Morgan fingerprint density at radius 1 is 0.917 bits per heavy atom. The molecule has 0 saturated heterocycles. The zero-order valence-electron chi connectivity index (χ0n) is 12.3. The van der Waals surface area contributed by atoms with Crippen LogP contribution in [0.3, 0.4) is 0 Å². The smallest absolute Gasteiger partial charge is 0.236 e. The zero-order chi connectivity index (χ0) is 17.4. The highest BCUT2D eigenvalue weighted by atomic mass is 33.2. The highest BCUT2D eigenvalue weighted by molar-refractivity contribution is 8.67. The molecule has 2 aromatic carbocycles. The van der Waals surface area contributed by atoms with Crippen molar-refractivity contribution in [2.75, 3.05) is 4.31 Å². The normalized spacial score (nSPS) is 17.1. The van der Waals surface area contributed by atoms with Crippen LogP contribution in [-0.2, 0) is 17.9 Å². The molecule has 1 unspecified atom stereocenters. The molecule has 0 aliphatic carbocycles. The van der Waals surface area contributed by atoms with Crippen LogP contribution in [-0.4, -0.2) is 22.9 Å². The van der Waals surface area contributed by atoms with Crippen molar-refractivity contribution >= 4 is 29.7 Å². The molecule has 1 aliphatic heterocycles.